The van der Waals surface area contributed by atoms with Gasteiger partial charge in [0.25, 0.3) is 0 Å². The van der Waals surface area contributed by atoms with Crippen LogP contribution in [0.3, 0.4) is 0 Å². The average Bonchev–Trinajstić information content (AvgIpc) is 2.52. The first-order valence-corrected chi connectivity index (χ1v) is 6.64. The molecule has 0 aliphatic heterocycles. The lowest BCUT2D eigenvalue weighted by molar-refractivity contribution is 0.279. The van der Waals surface area contributed by atoms with Gasteiger partial charge in [-0.3, -0.25) is 0 Å². The van der Waals surface area contributed by atoms with Crippen molar-refractivity contribution < 1.29 is 13.9 Å². The fourth-order valence-corrected chi connectivity index (χ4v) is 1.96. The molecule has 0 aliphatic carbocycles. The normalized spacial score (nSPS) is 9.95. The fraction of sp³-hybridized carbons (Fsp3) is 0.235. The molecule has 0 N–H and O–H groups in total. The van der Waals surface area contributed by atoms with Gasteiger partial charge in [-0.15, -0.1) is 0 Å². The second-order valence-electron chi connectivity index (χ2n) is 4.52. The maximum atomic E-state index is 13.5. The van der Waals surface area contributed by atoms with Crippen molar-refractivity contribution in [2.24, 2.45) is 0 Å². The van der Waals surface area contributed by atoms with E-state index in [2.05, 4.69) is 6.07 Å². The molecule has 0 spiro atoms. The van der Waals surface area contributed by atoms with Gasteiger partial charge in [0.05, 0.1) is 13.2 Å². The zero-order valence-corrected chi connectivity index (χ0v) is 11.8. The molecule has 4 heteroatoms. The number of ether oxygens (including phenoxy) is 2. The first kappa shape index (κ1) is 14.9. The van der Waals surface area contributed by atoms with Crippen molar-refractivity contribution in [2.45, 2.75) is 19.4 Å². The van der Waals surface area contributed by atoms with Crippen molar-refractivity contribution in [1.29, 1.82) is 5.26 Å². The minimum atomic E-state index is -0.290. The molecule has 2 aromatic carbocycles. The molecule has 3 nitrogen and oxygen atoms in total. The summed E-state index contributed by atoms with van der Waals surface area (Å²) in [7, 11) is 1.55. The molecule has 0 radical (unpaired) electrons. The van der Waals surface area contributed by atoms with E-state index in [0.29, 0.717) is 29.9 Å². The van der Waals surface area contributed by atoms with Gasteiger partial charge in [0.1, 0.15) is 12.4 Å². The molecule has 0 bridgehead atoms. The number of rotatable bonds is 6. The van der Waals surface area contributed by atoms with Gasteiger partial charge >= 0.3 is 0 Å². The number of methoxy groups -OCH3 is 1. The van der Waals surface area contributed by atoms with Crippen LogP contribution in [0.25, 0.3) is 0 Å². The van der Waals surface area contributed by atoms with Gasteiger partial charge in [0.15, 0.2) is 11.5 Å². The zero-order valence-electron chi connectivity index (χ0n) is 11.8. The van der Waals surface area contributed by atoms with Gasteiger partial charge in [-0.25, -0.2) is 4.39 Å². The van der Waals surface area contributed by atoms with Gasteiger partial charge < -0.3 is 9.47 Å². The van der Waals surface area contributed by atoms with E-state index < -0.39 is 0 Å². The molecule has 0 saturated heterocycles. The van der Waals surface area contributed by atoms with Gasteiger partial charge in [-0.05, 0) is 30.2 Å². The van der Waals surface area contributed by atoms with Crippen molar-refractivity contribution in [1.82, 2.24) is 0 Å². The lowest BCUT2D eigenvalue weighted by atomic mass is 10.1. The Labute approximate surface area is 123 Å². The lowest BCUT2D eigenvalue weighted by Gasteiger charge is -2.12. The molecule has 0 fully saturated rings. The van der Waals surface area contributed by atoms with Crippen molar-refractivity contribution in [3.8, 4) is 17.6 Å². The zero-order chi connectivity index (χ0) is 15.1. The summed E-state index contributed by atoms with van der Waals surface area (Å²) in [6.45, 7) is 0.139. The molecule has 21 heavy (non-hydrogen) atoms. The number of nitrogens with zero attached hydrogens (tertiary/aromatic N) is 1. The van der Waals surface area contributed by atoms with Crippen LogP contribution in [0.1, 0.15) is 17.5 Å². The molecule has 0 unspecified atom stereocenters. The quantitative estimate of drug-likeness (QED) is 0.809. The smallest absolute Gasteiger partial charge is 0.161 e. The van der Waals surface area contributed by atoms with E-state index in [1.807, 2.05) is 12.1 Å². The molecule has 0 aliphatic rings. The van der Waals surface area contributed by atoms with E-state index in [-0.39, 0.29) is 12.4 Å². The highest BCUT2D eigenvalue weighted by molar-refractivity contribution is 5.43. The Morgan fingerprint density at radius 1 is 1.14 bits per heavy atom. The minimum absolute atomic E-state index is 0.139. The third-order valence-corrected chi connectivity index (χ3v) is 3.09. The standard InChI is InChI=1S/C17H16FNO2/c1-20-17-11-13(5-4-10-19)8-9-16(17)21-12-14-6-2-3-7-15(14)18/h2-3,6-9,11H,4-5,12H2,1H3. The highest BCUT2D eigenvalue weighted by Gasteiger charge is 2.08. The fourth-order valence-electron chi connectivity index (χ4n) is 1.96. The van der Waals surface area contributed by atoms with E-state index in [4.69, 9.17) is 14.7 Å². The molecule has 2 aromatic rings. The van der Waals surface area contributed by atoms with Crippen LogP contribution < -0.4 is 9.47 Å². The summed E-state index contributed by atoms with van der Waals surface area (Å²) < 4.78 is 24.4. The molecular formula is C17H16FNO2. The number of aryl methyl sites for hydroxylation is 1. The summed E-state index contributed by atoms with van der Waals surface area (Å²) >= 11 is 0. The number of hydrogen-bond donors (Lipinski definition) is 0. The van der Waals surface area contributed by atoms with Gasteiger partial charge in [-0.1, -0.05) is 24.3 Å². The van der Waals surface area contributed by atoms with E-state index >= 15 is 0 Å². The van der Waals surface area contributed by atoms with Gasteiger partial charge in [0.2, 0.25) is 0 Å². The third kappa shape index (κ3) is 3.96. The molecule has 0 heterocycles. The van der Waals surface area contributed by atoms with Crippen LogP contribution in [0.2, 0.25) is 0 Å². The molecule has 0 amide bonds. The number of hydrogen-bond acceptors (Lipinski definition) is 3. The Hall–Kier alpha value is -2.54. The predicted molar refractivity (Wildman–Crippen MR) is 77.7 cm³/mol. The van der Waals surface area contributed by atoms with E-state index in [9.17, 15) is 4.39 Å². The maximum absolute atomic E-state index is 13.5. The van der Waals surface area contributed by atoms with Crippen LogP contribution in [0, 0.1) is 17.1 Å². The van der Waals surface area contributed by atoms with Crippen molar-refractivity contribution in [2.75, 3.05) is 7.11 Å². The SMILES string of the molecule is COc1cc(CCC#N)ccc1OCc1ccccc1F. The molecule has 108 valence electrons. The van der Waals surface area contributed by atoms with Gasteiger partial charge in [-0.2, -0.15) is 5.26 Å². The highest BCUT2D eigenvalue weighted by Crippen LogP contribution is 2.29. The molecule has 0 saturated carbocycles. The summed E-state index contributed by atoms with van der Waals surface area (Å²) in [5, 5.41) is 8.60. The second-order valence-corrected chi connectivity index (χ2v) is 4.52. The van der Waals surface area contributed by atoms with Crippen LogP contribution in [-0.4, -0.2) is 7.11 Å². The summed E-state index contributed by atoms with van der Waals surface area (Å²) in [5.74, 6) is 0.852. The van der Waals surface area contributed by atoms with Crippen LogP contribution in [0.15, 0.2) is 42.5 Å². The Morgan fingerprint density at radius 2 is 1.95 bits per heavy atom. The molecule has 2 rings (SSSR count). The highest BCUT2D eigenvalue weighted by atomic mass is 19.1. The third-order valence-electron chi connectivity index (χ3n) is 3.09. The summed E-state index contributed by atoms with van der Waals surface area (Å²) in [5.41, 5.74) is 1.50. The van der Waals surface area contributed by atoms with Crippen molar-refractivity contribution in [3.63, 3.8) is 0 Å². The van der Waals surface area contributed by atoms with E-state index in [1.54, 1.807) is 31.4 Å². The number of benzene rings is 2. The number of halogens is 1. The average molecular weight is 285 g/mol. The Bertz CT molecular complexity index is 649. The summed E-state index contributed by atoms with van der Waals surface area (Å²) in [6, 6.07) is 14.1. The van der Waals surface area contributed by atoms with Crippen LogP contribution in [0.5, 0.6) is 11.5 Å². The summed E-state index contributed by atoms with van der Waals surface area (Å²) in [6.07, 6.45) is 1.12. The monoisotopic (exact) mass is 285 g/mol. The van der Waals surface area contributed by atoms with Crippen LogP contribution in [-0.2, 0) is 13.0 Å². The second kappa shape index (κ2) is 7.30. The van der Waals surface area contributed by atoms with Crippen molar-refractivity contribution in [3.05, 3.63) is 59.4 Å². The number of nitriles is 1. The molecule has 0 aromatic heterocycles. The molecule has 0 atom stereocenters. The lowest BCUT2D eigenvalue weighted by Crippen LogP contribution is -2.00. The van der Waals surface area contributed by atoms with Crippen molar-refractivity contribution >= 4 is 0 Å². The van der Waals surface area contributed by atoms with E-state index in [0.717, 1.165) is 5.56 Å². The first-order valence-electron chi connectivity index (χ1n) is 6.64. The van der Waals surface area contributed by atoms with Crippen LogP contribution in [0.4, 0.5) is 4.39 Å². The largest absolute Gasteiger partial charge is 0.493 e. The minimum Gasteiger partial charge on any atom is -0.493 e. The molecular weight excluding hydrogens is 269 g/mol. The first-order chi connectivity index (χ1) is 10.2. The Kier molecular flexibility index (Phi) is 5.16. The topological polar surface area (TPSA) is 42.2 Å². The Balaban J connectivity index is 2.09. The Morgan fingerprint density at radius 3 is 2.67 bits per heavy atom. The maximum Gasteiger partial charge on any atom is 0.161 e. The van der Waals surface area contributed by atoms with Crippen LogP contribution >= 0.6 is 0 Å². The summed E-state index contributed by atoms with van der Waals surface area (Å²) in [4.78, 5) is 0. The van der Waals surface area contributed by atoms with Gasteiger partial charge in [0, 0.05) is 12.0 Å². The van der Waals surface area contributed by atoms with E-state index in [1.165, 1.54) is 6.07 Å². The predicted octanol–water partition coefficient (Wildman–Crippen LogP) is 3.87.